The van der Waals surface area contributed by atoms with Crippen LogP contribution in [0.25, 0.3) is 0 Å². The van der Waals surface area contributed by atoms with Crippen LogP contribution in [-0.2, 0) is 11.3 Å². The first-order valence-electron chi connectivity index (χ1n) is 6.45. The minimum atomic E-state index is -0.350. The average Bonchev–Trinajstić information content (AvgIpc) is 2.88. The van der Waals surface area contributed by atoms with Crippen LogP contribution in [0.2, 0.25) is 0 Å². The van der Waals surface area contributed by atoms with Crippen LogP contribution in [0.15, 0.2) is 11.4 Å². The quantitative estimate of drug-likeness (QED) is 0.633. The Hall–Kier alpha value is -1.02. The second-order valence-corrected chi connectivity index (χ2v) is 5.46. The van der Waals surface area contributed by atoms with E-state index in [2.05, 4.69) is 17.1 Å². The lowest BCUT2D eigenvalue weighted by atomic mass is 10.2. The summed E-state index contributed by atoms with van der Waals surface area (Å²) < 4.78 is 5.68. The number of thiophene rings is 1. The Kier molecular flexibility index (Phi) is 5.26. The minimum Gasteiger partial charge on any atom is -0.374 e. The largest absolute Gasteiger partial charge is 0.374 e. The van der Waals surface area contributed by atoms with Gasteiger partial charge in [-0.2, -0.15) is 0 Å². The van der Waals surface area contributed by atoms with Gasteiger partial charge in [-0.3, -0.25) is 15.0 Å². The molecule has 0 aromatic carbocycles. The molecule has 1 atom stereocenters. The minimum absolute atomic E-state index is 0.197. The predicted octanol–water partition coefficient (Wildman–Crippen LogP) is 1.47. The maximum Gasteiger partial charge on any atom is 0.324 e. The van der Waals surface area contributed by atoms with Crippen molar-refractivity contribution in [1.82, 2.24) is 10.2 Å². The Balaban J connectivity index is 1.72. The number of hydrogen-bond acceptors (Lipinski definition) is 6. The maximum absolute atomic E-state index is 10.6. The van der Waals surface area contributed by atoms with Crippen molar-refractivity contribution in [2.45, 2.75) is 19.6 Å². The first kappa shape index (κ1) is 14.4. The Morgan fingerprint density at radius 3 is 3.21 bits per heavy atom. The van der Waals surface area contributed by atoms with Crippen molar-refractivity contribution in [2.24, 2.45) is 0 Å². The lowest BCUT2D eigenvalue weighted by Crippen LogP contribution is -2.46. The highest BCUT2D eigenvalue weighted by Gasteiger charge is 2.18. The molecule has 0 radical (unpaired) electrons. The molecule has 1 fully saturated rings. The van der Waals surface area contributed by atoms with E-state index < -0.39 is 0 Å². The Morgan fingerprint density at radius 2 is 2.53 bits per heavy atom. The van der Waals surface area contributed by atoms with E-state index in [1.54, 1.807) is 6.07 Å². The summed E-state index contributed by atoms with van der Waals surface area (Å²) in [6.45, 7) is 7.37. The van der Waals surface area contributed by atoms with Gasteiger partial charge in [0.1, 0.15) is 0 Å². The number of rotatable bonds is 6. The summed E-state index contributed by atoms with van der Waals surface area (Å²) in [6.07, 6.45) is 0.210. The summed E-state index contributed by atoms with van der Waals surface area (Å²) in [7, 11) is 0. The summed E-state index contributed by atoms with van der Waals surface area (Å²) in [5.74, 6) is 0. The van der Waals surface area contributed by atoms with Gasteiger partial charge in [0.2, 0.25) is 0 Å². The molecule has 0 amide bonds. The number of ether oxygens (including phenoxy) is 1. The number of likely N-dealkylation sites (N-methyl/N-ethyl adjacent to an activating group) is 1. The smallest absolute Gasteiger partial charge is 0.324 e. The van der Waals surface area contributed by atoms with Gasteiger partial charge in [-0.1, -0.05) is 18.3 Å². The Labute approximate surface area is 116 Å². The molecule has 106 valence electrons. The van der Waals surface area contributed by atoms with Gasteiger partial charge in [0.05, 0.1) is 17.6 Å². The highest BCUT2D eigenvalue weighted by atomic mass is 32.1. The van der Waals surface area contributed by atoms with Gasteiger partial charge in [0.15, 0.2) is 0 Å². The fourth-order valence-corrected chi connectivity index (χ4v) is 2.85. The predicted molar refractivity (Wildman–Crippen MR) is 74.5 cm³/mol. The molecule has 1 aromatic heterocycles. The number of morpholine rings is 1. The molecule has 6 nitrogen and oxygen atoms in total. The molecular formula is C12H19N3O3S. The van der Waals surface area contributed by atoms with Crippen molar-refractivity contribution in [3.05, 3.63) is 27.1 Å². The lowest BCUT2D eigenvalue weighted by molar-refractivity contribution is -0.380. The molecule has 1 aromatic rings. The number of hydrogen-bond donors (Lipinski definition) is 1. The van der Waals surface area contributed by atoms with E-state index in [0.29, 0.717) is 6.54 Å². The van der Waals surface area contributed by atoms with Crippen LogP contribution in [0.1, 0.15) is 12.5 Å². The van der Waals surface area contributed by atoms with E-state index in [4.69, 9.17) is 4.74 Å². The highest BCUT2D eigenvalue weighted by Crippen LogP contribution is 2.22. The van der Waals surface area contributed by atoms with E-state index in [-0.39, 0.29) is 16.0 Å². The van der Waals surface area contributed by atoms with Crippen LogP contribution in [0, 0.1) is 10.1 Å². The molecule has 1 saturated heterocycles. The van der Waals surface area contributed by atoms with E-state index in [9.17, 15) is 10.1 Å². The third kappa shape index (κ3) is 4.24. The van der Waals surface area contributed by atoms with Crippen molar-refractivity contribution in [2.75, 3.05) is 32.8 Å². The summed E-state index contributed by atoms with van der Waals surface area (Å²) in [4.78, 5) is 12.6. The van der Waals surface area contributed by atoms with Gasteiger partial charge < -0.3 is 10.1 Å². The van der Waals surface area contributed by atoms with Crippen molar-refractivity contribution < 1.29 is 9.66 Å². The summed E-state index contributed by atoms with van der Waals surface area (Å²) in [5, 5.41) is 15.9. The van der Waals surface area contributed by atoms with Crippen molar-refractivity contribution >= 4 is 16.3 Å². The second-order valence-electron chi connectivity index (χ2n) is 4.57. The molecule has 1 N–H and O–H groups in total. The van der Waals surface area contributed by atoms with Crippen LogP contribution in [0.5, 0.6) is 0 Å². The SMILES string of the molecule is CCN1CCOC(CNCc2csc([N+](=O)[O-])c2)C1. The van der Waals surface area contributed by atoms with Crippen molar-refractivity contribution in [3.63, 3.8) is 0 Å². The molecule has 7 heteroatoms. The number of nitrogens with zero attached hydrogens (tertiary/aromatic N) is 2. The second kappa shape index (κ2) is 6.95. The standard InChI is InChI=1S/C12H19N3O3S/c1-2-14-3-4-18-11(8-14)7-13-6-10-5-12(15(16)17)19-9-10/h5,9,11,13H,2-4,6-8H2,1H3. The molecule has 1 unspecified atom stereocenters. The Bertz CT molecular complexity index is 424. The lowest BCUT2D eigenvalue weighted by Gasteiger charge is -2.32. The van der Waals surface area contributed by atoms with Crippen LogP contribution in [-0.4, -0.2) is 48.7 Å². The van der Waals surface area contributed by atoms with Crippen LogP contribution < -0.4 is 5.32 Å². The van der Waals surface area contributed by atoms with E-state index in [1.165, 1.54) is 11.3 Å². The molecule has 0 saturated carbocycles. The van der Waals surface area contributed by atoms with Gasteiger partial charge in [-0.05, 0) is 12.1 Å². The van der Waals surface area contributed by atoms with Gasteiger partial charge >= 0.3 is 5.00 Å². The molecular weight excluding hydrogens is 266 g/mol. The first-order chi connectivity index (χ1) is 9.19. The molecule has 0 bridgehead atoms. The van der Waals surface area contributed by atoms with Crippen molar-refractivity contribution in [3.8, 4) is 0 Å². The molecule has 2 heterocycles. The molecule has 0 spiro atoms. The first-order valence-corrected chi connectivity index (χ1v) is 7.33. The molecule has 1 aliphatic rings. The molecule has 1 aliphatic heterocycles. The van der Waals surface area contributed by atoms with E-state index in [0.717, 1.165) is 38.3 Å². The highest BCUT2D eigenvalue weighted by molar-refractivity contribution is 7.13. The summed E-state index contributed by atoms with van der Waals surface area (Å²) in [5.41, 5.74) is 0.958. The van der Waals surface area contributed by atoms with Gasteiger partial charge in [-0.15, -0.1) is 0 Å². The monoisotopic (exact) mass is 285 g/mol. The number of nitro groups is 1. The van der Waals surface area contributed by atoms with Crippen molar-refractivity contribution in [1.29, 1.82) is 0 Å². The average molecular weight is 285 g/mol. The molecule has 2 rings (SSSR count). The van der Waals surface area contributed by atoms with Gasteiger partial charge in [0.25, 0.3) is 0 Å². The Morgan fingerprint density at radius 1 is 1.68 bits per heavy atom. The summed E-state index contributed by atoms with van der Waals surface area (Å²) in [6, 6.07) is 1.62. The fraction of sp³-hybridized carbons (Fsp3) is 0.667. The fourth-order valence-electron chi connectivity index (χ4n) is 2.12. The van der Waals surface area contributed by atoms with Gasteiger partial charge in [-0.25, -0.2) is 0 Å². The zero-order valence-electron chi connectivity index (χ0n) is 11.0. The van der Waals surface area contributed by atoms with Crippen LogP contribution in [0.3, 0.4) is 0 Å². The van der Waals surface area contributed by atoms with Gasteiger partial charge in [0, 0.05) is 37.6 Å². The zero-order valence-corrected chi connectivity index (χ0v) is 11.8. The van der Waals surface area contributed by atoms with E-state index in [1.807, 2.05) is 5.38 Å². The van der Waals surface area contributed by atoms with Crippen LogP contribution in [0.4, 0.5) is 5.00 Å². The third-order valence-corrected chi connectivity index (χ3v) is 4.12. The molecule has 19 heavy (non-hydrogen) atoms. The number of nitrogens with one attached hydrogen (secondary N) is 1. The van der Waals surface area contributed by atoms with Crippen LogP contribution >= 0.6 is 11.3 Å². The topological polar surface area (TPSA) is 67.6 Å². The third-order valence-electron chi connectivity index (χ3n) is 3.19. The zero-order chi connectivity index (χ0) is 13.7. The van der Waals surface area contributed by atoms with E-state index >= 15 is 0 Å². The normalized spacial score (nSPS) is 20.6. The summed E-state index contributed by atoms with van der Waals surface area (Å²) >= 11 is 1.17. The maximum atomic E-state index is 10.6. The molecule has 0 aliphatic carbocycles.